The minimum Gasteiger partial charge on any atom is -0.497 e. The van der Waals surface area contributed by atoms with Crippen LogP contribution >= 0.6 is 0 Å². The summed E-state index contributed by atoms with van der Waals surface area (Å²) in [5.41, 5.74) is 1.80. The van der Waals surface area contributed by atoms with Gasteiger partial charge in [-0.3, -0.25) is 4.79 Å². The lowest BCUT2D eigenvalue weighted by atomic mass is 9.95. The van der Waals surface area contributed by atoms with E-state index in [2.05, 4.69) is 10.2 Å². The van der Waals surface area contributed by atoms with E-state index in [1.807, 2.05) is 32.0 Å². The molecule has 1 aliphatic heterocycles. The molecule has 0 radical (unpaired) electrons. The Balaban J connectivity index is 2.02. The van der Waals surface area contributed by atoms with E-state index >= 15 is 0 Å². The number of ether oxygens (including phenoxy) is 1. The number of nitrogens with one attached hydrogen (secondary N) is 1. The molecule has 1 heterocycles. The molecule has 1 N–H and O–H groups in total. The number of methoxy groups -OCH3 is 1. The predicted octanol–water partition coefficient (Wildman–Crippen LogP) is 1.73. The fraction of sp³-hybridized carbons (Fsp3) is 0.562. The number of piperazine rings is 1. The molecule has 4 heteroatoms. The molecule has 0 amide bonds. The number of benzene rings is 1. The molecule has 0 aromatic heterocycles. The summed E-state index contributed by atoms with van der Waals surface area (Å²) >= 11 is 0. The van der Waals surface area contributed by atoms with Crippen LogP contribution in [0.2, 0.25) is 0 Å². The van der Waals surface area contributed by atoms with Crippen molar-refractivity contribution >= 4 is 5.78 Å². The van der Waals surface area contributed by atoms with Gasteiger partial charge in [0.2, 0.25) is 0 Å². The monoisotopic (exact) mass is 276 g/mol. The number of hydrogen-bond acceptors (Lipinski definition) is 4. The quantitative estimate of drug-likeness (QED) is 0.832. The molecule has 1 aromatic rings. The minimum absolute atomic E-state index is 0.0280. The molecule has 0 spiro atoms. The molecule has 1 saturated heterocycles. The van der Waals surface area contributed by atoms with Gasteiger partial charge in [-0.2, -0.15) is 0 Å². The Bertz CT molecular complexity index is 468. The first-order valence-electron chi connectivity index (χ1n) is 7.23. The maximum absolute atomic E-state index is 12.6. The van der Waals surface area contributed by atoms with Gasteiger partial charge in [0.15, 0.2) is 5.78 Å². The molecule has 4 nitrogen and oxygen atoms in total. The summed E-state index contributed by atoms with van der Waals surface area (Å²) in [6, 6.07) is 5.66. The van der Waals surface area contributed by atoms with Crippen LogP contribution in [0, 0.1) is 12.8 Å². The van der Waals surface area contributed by atoms with Gasteiger partial charge in [0.25, 0.3) is 0 Å². The third-order valence-electron chi connectivity index (χ3n) is 3.89. The Kier molecular flexibility index (Phi) is 5.15. The van der Waals surface area contributed by atoms with Crippen molar-refractivity contribution in [3.05, 3.63) is 29.3 Å². The van der Waals surface area contributed by atoms with Crippen LogP contribution < -0.4 is 10.1 Å². The number of aryl methyl sites for hydroxylation is 1. The van der Waals surface area contributed by atoms with Gasteiger partial charge in [0.05, 0.1) is 7.11 Å². The number of carbonyl (C=O) groups is 1. The molecular weight excluding hydrogens is 252 g/mol. The third-order valence-corrected chi connectivity index (χ3v) is 3.89. The molecule has 0 aliphatic carbocycles. The zero-order valence-corrected chi connectivity index (χ0v) is 12.6. The van der Waals surface area contributed by atoms with Gasteiger partial charge in [0, 0.05) is 44.2 Å². The largest absolute Gasteiger partial charge is 0.497 e. The lowest BCUT2D eigenvalue weighted by molar-refractivity contribution is 0.0886. The van der Waals surface area contributed by atoms with Gasteiger partial charge in [-0.1, -0.05) is 6.92 Å². The number of Topliss-reactive ketones (excluding diaryl/α,β-unsaturated/α-hetero) is 1. The van der Waals surface area contributed by atoms with Crippen molar-refractivity contribution < 1.29 is 9.53 Å². The Labute approximate surface area is 121 Å². The van der Waals surface area contributed by atoms with Gasteiger partial charge < -0.3 is 15.0 Å². The summed E-state index contributed by atoms with van der Waals surface area (Å²) in [7, 11) is 1.64. The van der Waals surface area contributed by atoms with Crippen LogP contribution in [-0.2, 0) is 0 Å². The molecule has 2 rings (SSSR count). The maximum atomic E-state index is 12.6. The molecule has 20 heavy (non-hydrogen) atoms. The summed E-state index contributed by atoms with van der Waals surface area (Å²) in [5, 5.41) is 3.33. The van der Waals surface area contributed by atoms with Crippen LogP contribution in [0.25, 0.3) is 0 Å². The second kappa shape index (κ2) is 6.86. The van der Waals surface area contributed by atoms with E-state index in [1.165, 1.54) is 0 Å². The molecule has 0 bridgehead atoms. The van der Waals surface area contributed by atoms with E-state index in [9.17, 15) is 4.79 Å². The van der Waals surface area contributed by atoms with Crippen molar-refractivity contribution in [1.82, 2.24) is 10.2 Å². The number of carbonyl (C=O) groups excluding carboxylic acids is 1. The minimum atomic E-state index is 0.0280. The van der Waals surface area contributed by atoms with E-state index < -0.39 is 0 Å². The van der Waals surface area contributed by atoms with Crippen LogP contribution in [0.15, 0.2) is 18.2 Å². The van der Waals surface area contributed by atoms with Crippen molar-refractivity contribution in [1.29, 1.82) is 0 Å². The van der Waals surface area contributed by atoms with E-state index in [4.69, 9.17) is 4.74 Å². The fourth-order valence-electron chi connectivity index (χ4n) is 2.67. The van der Waals surface area contributed by atoms with E-state index in [0.29, 0.717) is 0 Å². The highest BCUT2D eigenvalue weighted by Gasteiger charge is 2.21. The maximum Gasteiger partial charge on any atom is 0.167 e. The van der Waals surface area contributed by atoms with Crippen molar-refractivity contribution in [2.75, 3.05) is 39.8 Å². The highest BCUT2D eigenvalue weighted by molar-refractivity contribution is 5.99. The van der Waals surface area contributed by atoms with Gasteiger partial charge in [-0.05, 0) is 30.7 Å². The summed E-state index contributed by atoms with van der Waals surface area (Å²) in [6.45, 7) is 8.91. The average molecular weight is 276 g/mol. The third kappa shape index (κ3) is 3.58. The Morgan fingerprint density at radius 2 is 2.10 bits per heavy atom. The fourth-order valence-corrected chi connectivity index (χ4v) is 2.67. The second-order valence-electron chi connectivity index (χ2n) is 5.50. The molecule has 1 aliphatic rings. The molecular formula is C16H24N2O2. The number of rotatable bonds is 5. The Morgan fingerprint density at radius 1 is 1.40 bits per heavy atom. The van der Waals surface area contributed by atoms with Gasteiger partial charge in [-0.25, -0.2) is 0 Å². The Morgan fingerprint density at radius 3 is 2.70 bits per heavy atom. The molecule has 1 fully saturated rings. The zero-order chi connectivity index (χ0) is 14.5. The first kappa shape index (κ1) is 15.0. The topological polar surface area (TPSA) is 41.6 Å². The molecule has 1 aromatic carbocycles. The zero-order valence-electron chi connectivity index (χ0n) is 12.6. The average Bonchev–Trinajstić information content (AvgIpc) is 2.47. The lowest BCUT2D eigenvalue weighted by Gasteiger charge is -2.29. The number of hydrogen-bond donors (Lipinski definition) is 1. The first-order chi connectivity index (χ1) is 9.61. The van der Waals surface area contributed by atoms with Crippen LogP contribution in [0.4, 0.5) is 0 Å². The molecule has 1 atom stereocenters. The molecule has 110 valence electrons. The first-order valence-corrected chi connectivity index (χ1v) is 7.23. The number of ketones is 1. The van der Waals surface area contributed by atoms with Crippen LogP contribution in [0.3, 0.4) is 0 Å². The van der Waals surface area contributed by atoms with Crippen molar-refractivity contribution in [2.45, 2.75) is 13.8 Å². The smallest absolute Gasteiger partial charge is 0.167 e. The summed E-state index contributed by atoms with van der Waals surface area (Å²) in [4.78, 5) is 14.9. The highest BCUT2D eigenvalue weighted by Crippen LogP contribution is 2.20. The van der Waals surface area contributed by atoms with Crippen molar-refractivity contribution in [2.24, 2.45) is 5.92 Å². The lowest BCUT2D eigenvalue weighted by Crippen LogP contribution is -2.45. The van der Waals surface area contributed by atoms with E-state index in [-0.39, 0.29) is 11.7 Å². The van der Waals surface area contributed by atoms with Crippen molar-refractivity contribution in [3.63, 3.8) is 0 Å². The SMILES string of the molecule is COc1ccc(C(=O)C(C)CN2CCNCC2)c(C)c1. The van der Waals surface area contributed by atoms with Crippen LogP contribution in [-0.4, -0.2) is 50.5 Å². The number of nitrogens with zero attached hydrogens (tertiary/aromatic N) is 1. The van der Waals surface area contributed by atoms with Gasteiger partial charge >= 0.3 is 0 Å². The summed E-state index contributed by atoms with van der Waals surface area (Å²) in [5.74, 6) is 1.05. The standard InChI is InChI=1S/C16H24N2O2/c1-12-10-14(20-3)4-5-15(12)16(19)13(2)11-18-8-6-17-7-9-18/h4-5,10,13,17H,6-9,11H2,1-3H3. The molecule has 0 saturated carbocycles. The van der Waals surface area contributed by atoms with Gasteiger partial charge in [-0.15, -0.1) is 0 Å². The molecule has 1 unspecified atom stereocenters. The normalized spacial score (nSPS) is 17.8. The van der Waals surface area contributed by atoms with E-state index in [0.717, 1.165) is 49.6 Å². The highest BCUT2D eigenvalue weighted by atomic mass is 16.5. The van der Waals surface area contributed by atoms with Crippen molar-refractivity contribution in [3.8, 4) is 5.75 Å². The van der Waals surface area contributed by atoms with Gasteiger partial charge in [0.1, 0.15) is 5.75 Å². The Hall–Kier alpha value is -1.39. The summed E-state index contributed by atoms with van der Waals surface area (Å²) < 4.78 is 5.19. The second-order valence-corrected chi connectivity index (χ2v) is 5.50. The summed E-state index contributed by atoms with van der Waals surface area (Å²) in [6.07, 6.45) is 0. The van der Waals surface area contributed by atoms with E-state index in [1.54, 1.807) is 7.11 Å². The van der Waals surface area contributed by atoms with Crippen LogP contribution in [0.1, 0.15) is 22.8 Å². The predicted molar refractivity (Wildman–Crippen MR) is 80.5 cm³/mol. The van der Waals surface area contributed by atoms with Crippen LogP contribution in [0.5, 0.6) is 5.75 Å².